The fraction of sp³-hybridized carbons (Fsp3) is 0.111. The van der Waals surface area contributed by atoms with Gasteiger partial charge in [-0.25, -0.2) is 4.79 Å². The van der Waals surface area contributed by atoms with Crippen molar-refractivity contribution in [2.24, 2.45) is 0 Å². The minimum atomic E-state index is -1.05. The second-order valence-electron chi connectivity index (χ2n) is 2.87. The Kier molecular flexibility index (Phi) is 2.50. The molecule has 0 radical (unpaired) electrons. The molecule has 0 saturated carbocycles. The number of rotatable bonds is 2. The van der Waals surface area contributed by atoms with E-state index in [1.165, 1.54) is 11.3 Å². The number of aromatic nitrogens is 1. The van der Waals surface area contributed by atoms with Crippen molar-refractivity contribution in [2.45, 2.75) is 6.92 Å². The third-order valence-corrected chi connectivity index (χ3v) is 3.12. The van der Waals surface area contributed by atoms with E-state index < -0.39 is 5.97 Å². The number of aromatic carboxylic acids is 1. The fourth-order valence-corrected chi connectivity index (χ4v) is 2.26. The van der Waals surface area contributed by atoms with Crippen LogP contribution in [0.1, 0.15) is 16.1 Å². The van der Waals surface area contributed by atoms with Crippen molar-refractivity contribution in [1.82, 2.24) is 5.16 Å². The topological polar surface area (TPSA) is 63.3 Å². The zero-order chi connectivity index (χ0) is 11.0. The smallest absolute Gasteiger partial charge is 0.341 e. The van der Waals surface area contributed by atoms with Crippen LogP contribution in [0.2, 0.25) is 4.34 Å². The van der Waals surface area contributed by atoms with E-state index >= 15 is 0 Å². The average Bonchev–Trinajstić information content (AvgIpc) is 2.71. The van der Waals surface area contributed by atoms with E-state index in [0.717, 1.165) is 0 Å². The van der Waals surface area contributed by atoms with E-state index in [1.807, 2.05) is 0 Å². The molecule has 0 saturated heterocycles. The van der Waals surface area contributed by atoms with Crippen LogP contribution >= 0.6 is 22.9 Å². The summed E-state index contributed by atoms with van der Waals surface area (Å²) in [7, 11) is 0. The van der Waals surface area contributed by atoms with Crippen LogP contribution in [0.15, 0.2) is 16.7 Å². The Morgan fingerprint density at radius 3 is 2.87 bits per heavy atom. The molecule has 4 nitrogen and oxygen atoms in total. The number of carboxylic acids is 1. The van der Waals surface area contributed by atoms with Crippen LogP contribution in [0.4, 0.5) is 0 Å². The molecule has 0 aromatic carbocycles. The minimum absolute atomic E-state index is 0.0912. The second-order valence-corrected chi connectivity index (χ2v) is 4.59. The van der Waals surface area contributed by atoms with Crippen LogP contribution < -0.4 is 0 Å². The number of carboxylic acid groups (broad SMARTS) is 1. The maximum absolute atomic E-state index is 11.0. The highest BCUT2D eigenvalue weighted by atomic mass is 35.5. The lowest BCUT2D eigenvalue weighted by Gasteiger charge is -1.92. The van der Waals surface area contributed by atoms with Gasteiger partial charge >= 0.3 is 5.97 Å². The van der Waals surface area contributed by atoms with Gasteiger partial charge in [0.15, 0.2) is 0 Å². The summed E-state index contributed by atoms with van der Waals surface area (Å²) in [5.41, 5.74) is 0.422. The molecule has 2 aromatic rings. The number of carbonyl (C=O) groups is 1. The van der Waals surface area contributed by atoms with Crippen molar-refractivity contribution in [2.75, 3.05) is 0 Å². The van der Waals surface area contributed by atoms with E-state index in [4.69, 9.17) is 21.2 Å². The Morgan fingerprint density at radius 2 is 2.33 bits per heavy atom. The molecule has 0 fully saturated rings. The molecule has 1 N–H and O–H groups in total. The summed E-state index contributed by atoms with van der Waals surface area (Å²) in [4.78, 5) is 11.6. The molecular weight excluding hydrogens is 238 g/mol. The van der Waals surface area contributed by atoms with Gasteiger partial charge in [0.2, 0.25) is 0 Å². The van der Waals surface area contributed by atoms with E-state index in [2.05, 4.69) is 5.16 Å². The molecule has 78 valence electrons. The van der Waals surface area contributed by atoms with E-state index in [1.54, 1.807) is 19.1 Å². The monoisotopic (exact) mass is 243 g/mol. The van der Waals surface area contributed by atoms with Gasteiger partial charge in [-0.1, -0.05) is 16.8 Å². The highest BCUT2D eigenvalue weighted by Crippen LogP contribution is 2.33. The Labute approximate surface area is 94.1 Å². The van der Waals surface area contributed by atoms with Gasteiger partial charge in [-0.15, -0.1) is 11.3 Å². The summed E-state index contributed by atoms with van der Waals surface area (Å²) in [6.07, 6.45) is 0. The Hall–Kier alpha value is -1.33. The number of halogens is 1. The molecule has 0 aliphatic heterocycles. The molecule has 0 atom stereocenters. The molecule has 2 heterocycles. The quantitative estimate of drug-likeness (QED) is 0.881. The molecule has 0 aliphatic rings. The summed E-state index contributed by atoms with van der Waals surface area (Å²) in [6, 6.07) is 3.41. The minimum Gasteiger partial charge on any atom is -0.477 e. The zero-order valence-electron chi connectivity index (χ0n) is 7.65. The first kappa shape index (κ1) is 10.2. The number of aryl methyl sites for hydroxylation is 1. The van der Waals surface area contributed by atoms with Crippen LogP contribution in [0.3, 0.4) is 0 Å². The summed E-state index contributed by atoms with van der Waals surface area (Å²) in [5.74, 6) is -0.754. The maximum Gasteiger partial charge on any atom is 0.341 e. The Morgan fingerprint density at radius 1 is 1.60 bits per heavy atom. The number of thiophene rings is 1. The third-order valence-electron chi connectivity index (χ3n) is 1.88. The molecule has 2 rings (SSSR count). The third kappa shape index (κ3) is 1.75. The lowest BCUT2D eigenvalue weighted by atomic mass is 10.2. The van der Waals surface area contributed by atoms with Gasteiger partial charge in [0, 0.05) is 0 Å². The predicted octanol–water partition coefficient (Wildman–Crippen LogP) is 3.06. The van der Waals surface area contributed by atoms with Crippen LogP contribution in [0.5, 0.6) is 0 Å². The summed E-state index contributed by atoms with van der Waals surface area (Å²) in [6.45, 7) is 1.56. The highest BCUT2D eigenvalue weighted by Gasteiger charge is 2.21. The van der Waals surface area contributed by atoms with E-state index in [9.17, 15) is 4.79 Å². The van der Waals surface area contributed by atoms with Crippen LogP contribution in [0, 0.1) is 6.92 Å². The molecule has 0 spiro atoms. The largest absolute Gasteiger partial charge is 0.477 e. The molecule has 0 bridgehead atoms. The summed E-state index contributed by atoms with van der Waals surface area (Å²) < 4.78 is 5.44. The molecule has 15 heavy (non-hydrogen) atoms. The SMILES string of the molecule is Cc1onc(-c2ccc(Cl)s2)c1C(=O)O. The van der Waals surface area contributed by atoms with Crippen molar-refractivity contribution < 1.29 is 14.4 Å². The van der Waals surface area contributed by atoms with Crippen LogP contribution in [-0.4, -0.2) is 16.2 Å². The molecule has 6 heteroatoms. The van der Waals surface area contributed by atoms with Gasteiger partial charge in [-0.05, 0) is 19.1 Å². The first-order valence-electron chi connectivity index (χ1n) is 4.05. The fourth-order valence-electron chi connectivity index (χ4n) is 1.23. The van der Waals surface area contributed by atoms with Crippen molar-refractivity contribution in [3.63, 3.8) is 0 Å². The molecule has 0 unspecified atom stereocenters. The predicted molar refractivity (Wildman–Crippen MR) is 56.5 cm³/mol. The Balaban J connectivity index is 2.58. The summed E-state index contributed by atoms with van der Waals surface area (Å²) >= 11 is 7.03. The lowest BCUT2D eigenvalue weighted by molar-refractivity contribution is 0.0696. The lowest BCUT2D eigenvalue weighted by Crippen LogP contribution is -1.98. The van der Waals surface area contributed by atoms with Gasteiger partial charge in [-0.2, -0.15) is 0 Å². The number of hydrogen-bond acceptors (Lipinski definition) is 4. The standard InChI is InChI=1S/C9H6ClNO3S/c1-4-7(9(12)13)8(11-14-4)5-2-3-6(10)15-5/h2-3H,1H3,(H,12,13). The molecule has 2 aromatic heterocycles. The Bertz CT molecular complexity index is 517. The first-order chi connectivity index (χ1) is 7.09. The zero-order valence-corrected chi connectivity index (χ0v) is 9.22. The van der Waals surface area contributed by atoms with Gasteiger partial charge in [-0.3, -0.25) is 0 Å². The number of nitrogens with zero attached hydrogens (tertiary/aromatic N) is 1. The van der Waals surface area contributed by atoms with Gasteiger partial charge in [0.05, 0.1) is 9.21 Å². The van der Waals surface area contributed by atoms with Crippen molar-refractivity contribution >= 4 is 28.9 Å². The van der Waals surface area contributed by atoms with Gasteiger partial charge in [0.25, 0.3) is 0 Å². The van der Waals surface area contributed by atoms with Crippen molar-refractivity contribution in [3.8, 4) is 10.6 Å². The second kappa shape index (κ2) is 3.67. The first-order valence-corrected chi connectivity index (χ1v) is 5.24. The average molecular weight is 244 g/mol. The highest BCUT2D eigenvalue weighted by molar-refractivity contribution is 7.19. The van der Waals surface area contributed by atoms with E-state index in [-0.39, 0.29) is 5.56 Å². The van der Waals surface area contributed by atoms with E-state index in [0.29, 0.717) is 20.7 Å². The maximum atomic E-state index is 11.0. The summed E-state index contributed by atoms with van der Waals surface area (Å²) in [5, 5.41) is 12.7. The van der Waals surface area contributed by atoms with Crippen molar-refractivity contribution in [3.05, 3.63) is 27.8 Å². The molecule has 0 aliphatic carbocycles. The molecule has 0 amide bonds. The van der Waals surface area contributed by atoms with Gasteiger partial charge < -0.3 is 9.63 Å². The van der Waals surface area contributed by atoms with Crippen molar-refractivity contribution in [1.29, 1.82) is 0 Å². The van der Waals surface area contributed by atoms with Crippen LogP contribution in [-0.2, 0) is 0 Å². The normalized spacial score (nSPS) is 10.5. The number of hydrogen-bond donors (Lipinski definition) is 1. The molecular formula is C9H6ClNO3S. The van der Waals surface area contributed by atoms with Crippen LogP contribution in [0.25, 0.3) is 10.6 Å². The van der Waals surface area contributed by atoms with Gasteiger partial charge in [0.1, 0.15) is 17.0 Å².